The van der Waals surface area contributed by atoms with Gasteiger partial charge in [0.25, 0.3) is 0 Å². The Hall–Kier alpha value is -0.160. The highest BCUT2D eigenvalue weighted by molar-refractivity contribution is 4.92. The van der Waals surface area contributed by atoms with Gasteiger partial charge in [-0.15, -0.1) is 0 Å². The zero-order chi connectivity index (χ0) is 14.0. The van der Waals surface area contributed by atoms with Gasteiger partial charge in [-0.05, 0) is 37.1 Å². The zero-order valence-electron chi connectivity index (χ0n) is 12.9. The first-order valence-electron chi connectivity index (χ1n) is 7.58. The molecule has 0 radical (unpaired) electrons. The van der Waals surface area contributed by atoms with Crippen LogP contribution in [0.4, 0.5) is 0 Å². The normalized spacial score (nSPS) is 18.5. The molecule has 0 aliphatic heterocycles. The number of rotatable bonds is 13. The topological polar surface area (TPSA) is 39.7 Å². The van der Waals surface area contributed by atoms with Crippen LogP contribution < -0.4 is 5.32 Å². The van der Waals surface area contributed by atoms with E-state index in [0.29, 0.717) is 31.8 Å². The maximum Gasteiger partial charge on any atom is 0.0701 e. The van der Waals surface area contributed by atoms with E-state index in [1.54, 1.807) is 7.11 Å². The first-order chi connectivity index (χ1) is 9.23. The van der Waals surface area contributed by atoms with E-state index >= 15 is 0 Å². The van der Waals surface area contributed by atoms with Gasteiger partial charge in [0, 0.05) is 20.3 Å². The molecule has 1 aliphatic carbocycles. The molecule has 4 nitrogen and oxygen atoms in total. The summed E-state index contributed by atoms with van der Waals surface area (Å²) in [6.07, 6.45) is 3.92. The summed E-state index contributed by atoms with van der Waals surface area (Å²) >= 11 is 0. The van der Waals surface area contributed by atoms with E-state index in [0.717, 1.165) is 32.0 Å². The van der Waals surface area contributed by atoms with Gasteiger partial charge in [0.1, 0.15) is 0 Å². The highest BCUT2D eigenvalue weighted by Gasteiger charge is 2.40. The number of nitrogens with one attached hydrogen (secondary N) is 1. The minimum Gasteiger partial charge on any atom is -0.382 e. The quantitative estimate of drug-likeness (QED) is 0.522. The van der Waals surface area contributed by atoms with Crippen LogP contribution >= 0.6 is 0 Å². The lowest BCUT2D eigenvalue weighted by Crippen LogP contribution is -2.34. The van der Waals surface area contributed by atoms with Crippen molar-refractivity contribution >= 4 is 0 Å². The minimum absolute atomic E-state index is 0.410. The van der Waals surface area contributed by atoms with Gasteiger partial charge < -0.3 is 19.5 Å². The molecule has 1 aliphatic rings. The standard InChI is InChI=1S/C15H31NO3/c1-4-16-13-15(2,14-5-6-14)7-8-18-11-12-19-10-9-17-3/h14,16H,4-13H2,1-3H3. The third-order valence-corrected chi connectivity index (χ3v) is 3.96. The molecular weight excluding hydrogens is 242 g/mol. The lowest BCUT2D eigenvalue weighted by atomic mass is 9.81. The molecule has 1 atom stereocenters. The molecular formula is C15H31NO3. The van der Waals surface area contributed by atoms with E-state index < -0.39 is 0 Å². The van der Waals surface area contributed by atoms with E-state index in [9.17, 15) is 0 Å². The smallest absolute Gasteiger partial charge is 0.0701 e. The number of hydrogen-bond donors (Lipinski definition) is 1. The van der Waals surface area contributed by atoms with Crippen molar-refractivity contribution in [2.24, 2.45) is 11.3 Å². The summed E-state index contributed by atoms with van der Waals surface area (Å²) in [4.78, 5) is 0. The van der Waals surface area contributed by atoms with Crippen molar-refractivity contribution in [3.63, 3.8) is 0 Å². The second-order valence-electron chi connectivity index (χ2n) is 5.68. The second kappa shape index (κ2) is 9.70. The average molecular weight is 273 g/mol. The van der Waals surface area contributed by atoms with E-state index in [1.807, 2.05) is 0 Å². The van der Waals surface area contributed by atoms with Crippen molar-refractivity contribution in [1.82, 2.24) is 5.32 Å². The number of methoxy groups -OCH3 is 1. The fourth-order valence-corrected chi connectivity index (χ4v) is 2.40. The molecule has 1 saturated carbocycles. The third-order valence-electron chi connectivity index (χ3n) is 3.96. The molecule has 0 heterocycles. The monoisotopic (exact) mass is 273 g/mol. The fraction of sp³-hybridized carbons (Fsp3) is 1.00. The third kappa shape index (κ3) is 7.25. The Morgan fingerprint density at radius 2 is 1.68 bits per heavy atom. The number of ether oxygens (including phenoxy) is 3. The summed E-state index contributed by atoms with van der Waals surface area (Å²) in [6.45, 7) is 10.2. The van der Waals surface area contributed by atoms with Crippen LogP contribution in [-0.4, -0.2) is 53.2 Å². The van der Waals surface area contributed by atoms with Gasteiger partial charge in [-0.1, -0.05) is 13.8 Å². The van der Waals surface area contributed by atoms with E-state index in [2.05, 4.69) is 19.2 Å². The molecule has 4 heteroatoms. The molecule has 0 saturated heterocycles. The Labute approximate surface area is 118 Å². The van der Waals surface area contributed by atoms with E-state index in [4.69, 9.17) is 14.2 Å². The predicted molar refractivity (Wildman–Crippen MR) is 77.5 cm³/mol. The second-order valence-corrected chi connectivity index (χ2v) is 5.68. The summed E-state index contributed by atoms with van der Waals surface area (Å²) in [5.74, 6) is 0.896. The largest absolute Gasteiger partial charge is 0.382 e. The first kappa shape index (κ1) is 16.9. The van der Waals surface area contributed by atoms with E-state index in [1.165, 1.54) is 12.8 Å². The Morgan fingerprint density at radius 1 is 1.05 bits per heavy atom. The minimum atomic E-state index is 0.410. The van der Waals surface area contributed by atoms with Gasteiger partial charge in [-0.25, -0.2) is 0 Å². The van der Waals surface area contributed by atoms with Gasteiger partial charge in [0.15, 0.2) is 0 Å². The molecule has 0 bridgehead atoms. The molecule has 19 heavy (non-hydrogen) atoms. The molecule has 0 aromatic carbocycles. The summed E-state index contributed by atoms with van der Waals surface area (Å²) in [5.41, 5.74) is 0.410. The molecule has 1 fully saturated rings. The molecule has 0 spiro atoms. The van der Waals surface area contributed by atoms with Crippen LogP contribution in [-0.2, 0) is 14.2 Å². The Bertz CT molecular complexity index is 221. The van der Waals surface area contributed by atoms with Gasteiger partial charge >= 0.3 is 0 Å². The molecule has 1 rings (SSSR count). The van der Waals surface area contributed by atoms with Crippen LogP contribution in [0.15, 0.2) is 0 Å². The van der Waals surface area contributed by atoms with Gasteiger partial charge in [-0.2, -0.15) is 0 Å². The average Bonchev–Trinajstić information content (AvgIpc) is 3.24. The van der Waals surface area contributed by atoms with Crippen LogP contribution in [0, 0.1) is 11.3 Å². The maximum atomic E-state index is 5.67. The van der Waals surface area contributed by atoms with Gasteiger partial charge in [0.05, 0.1) is 26.4 Å². The SMILES string of the molecule is CCNCC(C)(CCOCCOCCOC)C1CC1. The first-order valence-corrected chi connectivity index (χ1v) is 7.58. The molecule has 0 aromatic rings. The van der Waals surface area contributed by atoms with Crippen LogP contribution in [0.2, 0.25) is 0 Å². The van der Waals surface area contributed by atoms with Crippen LogP contribution in [0.25, 0.3) is 0 Å². The molecule has 1 N–H and O–H groups in total. The Morgan fingerprint density at radius 3 is 2.26 bits per heavy atom. The predicted octanol–water partition coefficient (Wildman–Crippen LogP) is 2.08. The van der Waals surface area contributed by atoms with Crippen molar-refractivity contribution in [3.05, 3.63) is 0 Å². The van der Waals surface area contributed by atoms with Gasteiger partial charge in [-0.3, -0.25) is 0 Å². The highest BCUT2D eigenvalue weighted by atomic mass is 16.5. The highest BCUT2D eigenvalue weighted by Crippen LogP contribution is 2.47. The summed E-state index contributed by atoms with van der Waals surface area (Å²) in [5, 5.41) is 3.49. The Kier molecular flexibility index (Phi) is 8.62. The molecule has 0 amide bonds. The summed E-state index contributed by atoms with van der Waals surface area (Å²) < 4.78 is 16.0. The molecule has 1 unspecified atom stereocenters. The van der Waals surface area contributed by atoms with Crippen LogP contribution in [0.5, 0.6) is 0 Å². The Balaban J connectivity index is 2.02. The van der Waals surface area contributed by atoms with Crippen molar-refractivity contribution in [1.29, 1.82) is 0 Å². The molecule has 114 valence electrons. The summed E-state index contributed by atoms with van der Waals surface area (Å²) in [7, 11) is 1.68. The van der Waals surface area contributed by atoms with Crippen molar-refractivity contribution in [2.45, 2.75) is 33.1 Å². The van der Waals surface area contributed by atoms with E-state index in [-0.39, 0.29) is 0 Å². The van der Waals surface area contributed by atoms with Gasteiger partial charge in [0.2, 0.25) is 0 Å². The maximum absolute atomic E-state index is 5.67. The van der Waals surface area contributed by atoms with Crippen LogP contribution in [0.3, 0.4) is 0 Å². The summed E-state index contributed by atoms with van der Waals surface area (Å²) in [6, 6.07) is 0. The van der Waals surface area contributed by atoms with Crippen molar-refractivity contribution < 1.29 is 14.2 Å². The lowest BCUT2D eigenvalue weighted by Gasteiger charge is -2.30. The fourth-order valence-electron chi connectivity index (χ4n) is 2.40. The zero-order valence-corrected chi connectivity index (χ0v) is 12.9. The molecule has 0 aromatic heterocycles. The number of hydrogen-bond acceptors (Lipinski definition) is 4. The van der Waals surface area contributed by atoms with Crippen molar-refractivity contribution in [3.8, 4) is 0 Å². The van der Waals surface area contributed by atoms with Crippen LogP contribution in [0.1, 0.15) is 33.1 Å². The van der Waals surface area contributed by atoms with Crippen molar-refractivity contribution in [2.75, 3.05) is 53.2 Å². The lowest BCUT2D eigenvalue weighted by molar-refractivity contribution is 0.0159.